The number of hydrogen-bond acceptors (Lipinski definition) is 7. The van der Waals surface area contributed by atoms with E-state index in [2.05, 4.69) is 55.6 Å². The van der Waals surface area contributed by atoms with Gasteiger partial charge >= 0.3 is 0 Å². The van der Waals surface area contributed by atoms with Gasteiger partial charge in [-0.2, -0.15) is 0 Å². The van der Waals surface area contributed by atoms with E-state index in [9.17, 15) is 4.79 Å². The Morgan fingerprint density at radius 3 is 2.45 bits per heavy atom. The van der Waals surface area contributed by atoms with Gasteiger partial charge in [-0.05, 0) is 42.4 Å². The maximum Gasteiger partial charge on any atom is 0.211 e. The fourth-order valence-electron chi connectivity index (χ4n) is 3.57. The van der Waals surface area contributed by atoms with E-state index >= 15 is 0 Å². The molecular formula is C22H24ClN7O. The minimum atomic E-state index is 0.216. The molecule has 1 aromatic heterocycles. The van der Waals surface area contributed by atoms with Gasteiger partial charge in [0.2, 0.25) is 6.41 Å². The molecule has 0 spiro atoms. The number of nitrogens with two attached hydrogens (primary N) is 1. The smallest absolute Gasteiger partial charge is 0.211 e. The van der Waals surface area contributed by atoms with E-state index in [1.165, 1.54) is 6.33 Å². The van der Waals surface area contributed by atoms with E-state index < -0.39 is 0 Å². The quantitative estimate of drug-likeness (QED) is 0.401. The molecule has 0 atom stereocenters. The van der Waals surface area contributed by atoms with Crippen LogP contribution in [0.5, 0.6) is 0 Å². The molecule has 4 rings (SSSR count). The highest BCUT2D eigenvalue weighted by Gasteiger charge is 2.19. The predicted octanol–water partition coefficient (Wildman–Crippen LogP) is 3.44. The summed E-state index contributed by atoms with van der Waals surface area (Å²) in [6.07, 6.45) is 2.05. The van der Waals surface area contributed by atoms with Gasteiger partial charge in [-0.1, -0.05) is 29.8 Å². The highest BCUT2D eigenvalue weighted by Crippen LogP contribution is 2.36. The molecule has 2 heterocycles. The first-order valence-corrected chi connectivity index (χ1v) is 10.3. The number of likely N-dealkylation sites (N-methyl/N-ethyl adjacent to an activating group) is 1. The van der Waals surface area contributed by atoms with Crippen molar-refractivity contribution in [3.05, 3.63) is 53.9 Å². The summed E-state index contributed by atoms with van der Waals surface area (Å²) in [5.74, 6) is 0.470. The largest absolute Gasteiger partial charge is 0.393 e. The molecule has 9 heteroatoms. The van der Waals surface area contributed by atoms with Crippen molar-refractivity contribution in [2.24, 2.45) is 0 Å². The predicted molar refractivity (Wildman–Crippen MR) is 126 cm³/mol. The van der Waals surface area contributed by atoms with Gasteiger partial charge in [0.05, 0.1) is 11.4 Å². The molecule has 0 bridgehead atoms. The molecule has 4 N–H and O–H groups in total. The van der Waals surface area contributed by atoms with E-state index in [-0.39, 0.29) is 5.15 Å². The van der Waals surface area contributed by atoms with Crippen molar-refractivity contribution in [2.75, 3.05) is 54.5 Å². The third-order valence-electron chi connectivity index (χ3n) is 5.37. The lowest BCUT2D eigenvalue weighted by molar-refractivity contribution is -0.105. The summed E-state index contributed by atoms with van der Waals surface area (Å²) in [5.41, 5.74) is 11.2. The number of nitrogen functional groups attached to an aromatic ring is 1. The Kier molecular flexibility index (Phi) is 6.20. The van der Waals surface area contributed by atoms with Crippen LogP contribution in [0.2, 0.25) is 5.15 Å². The number of halogens is 1. The lowest BCUT2D eigenvalue weighted by Gasteiger charge is -2.35. The molecule has 160 valence electrons. The van der Waals surface area contributed by atoms with E-state index in [4.69, 9.17) is 17.3 Å². The average Bonchev–Trinajstić information content (AvgIpc) is 2.78. The maximum atomic E-state index is 10.6. The van der Waals surface area contributed by atoms with Crippen molar-refractivity contribution in [1.29, 1.82) is 0 Å². The number of amides is 1. The normalized spacial score (nSPS) is 14.3. The van der Waals surface area contributed by atoms with Crippen LogP contribution in [-0.2, 0) is 4.79 Å². The first-order chi connectivity index (χ1) is 15.0. The van der Waals surface area contributed by atoms with Gasteiger partial charge in [-0.15, -0.1) is 0 Å². The monoisotopic (exact) mass is 437 g/mol. The molecule has 1 aliphatic heterocycles. The number of carbonyl (C=O) groups excluding carboxylic acids is 1. The lowest BCUT2D eigenvalue weighted by Crippen LogP contribution is -2.44. The zero-order valence-electron chi connectivity index (χ0n) is 17.2. The molecule has 2 aromatic carbocycles. The summed E-state index contributed by atoms with van der Waals surface area (Å²) in [7, 11) is 2.13. The second kappa shape index (κ2) is 9.20. The van der Waals surface area contributed by atoms with Crippen LogP contribution in [-0.4, -0.2) is 54.5 Å². The second-order valence-corrected chi connectivity index (χ2v) is 7.77. The third-order valence-corrected chi connectivity index (χ3v) is 5.67. The highest BCUT2D eigenvalue weighted by molar-refractivity contribution is 6.32. The van der Waals surface area contributed by atoms with Crippen LogP contribution in [0.25, 0.3) is 11.1 Å². The summed E-state index contributed by atoms with van der Waals surface area (Å²) in [6.45, 7) is 3.84. The summed E-state index contributed by atoms with van der Waals surface area (Å²) in [6, 6.07) is 14.0. The number of nitrogens with zero attached hydrogens (tertiary/aromatic N) is 4. The molecule has 8 nitrogen and oxygen atoms in total. The van der Waals surface area contributed by atoms with Gasteiger partial charge in [0.1, 0.15) is 12.0 Å². The molecule has 1 aliphatic rings. The summed E-state index contributed by atoms with van der Waals surface area (Å²) >= 11 is 6.09. The molecule has 31 heavy (non-hydrogen) atoms. The Morgan fingerprint density at radius 2 is 1.74 bits per heavy atom. The van der Waals surface area contributed by atoms with Crippen LogP contribution >= 0.6 is 11.6 Å². The number of rotatable bonds is 6. The van der Waals surface area contributed by atoms with Gasteiger partial charge < -0.3 is 26.2 Å². The van der Waals surface area contributed by atoms with Crippen molar-refractivity contribution in [3.8, 4) is 11.1 Å². The maximum absolute atomic E-state index is 10.6. The number of carbonyl (C=O) groups is 1. The summed E-state index contributed by atoms with van der Waals surface area (Å²) < 4.78 is 0. The van der Waals surface area contributed by atoms with Crippen LogP contribution in [0.4, 0.5) is 28.6 Å². The van der Waals surface area contributed by atoms with Gasteiger partial charge in [0.15, 0.2) is 11.0 Å². The van der Waals surface area contributed by atoms with Gasteiger partial charge in [-0.3, -0.25) is 4.79 Å². The van der Waals surface area contributed by atoms with Crippen molar-refractivity contribution in [2.45, 2.75) is 0 Å². The Morgan fingerprint density at radius 1 is 1.03 bits per heavy atom. The van der Waals surface area contributed by atoms with Crippen molar-refractivity contribution >= 4 is 46.6 Å². The van der Waals surface area contributed by atoms with E-state index in [0.717, 1.165) is 54.4 Å². The van der Waals surface area contributed by atoms with E-state index in [0.29, 0.717) is 17.9 Å². The number of nitrogens with one attached hydrogen (secondary N) is 2. The molecule has 0 unspecified atom stereocenters. The van der Waals surface area contributed by atoms with Crippen LogP contribution in [0.3, 0.4) is 0 Å². The van der Waals surface area contributed by atoms with Crippen molar-refractivity contribution in [3.63, 3.8) is 0 Å². The van der Waals surface area contributed by atoms with Crippen LogP contribution in [0, 0.1) is 0 Å². The Bertz CT molecular complexity index is 1070. The number of anilines is 5. The second-order valence-electron chi connectivity index (χ2n) is 7.41. The standard InChI is InChI=1S/C22H24ClN7O/c1-29-8-10-30(11-9-29)19-7-4-16(15-2-5-17(6-3-15)27-14-31)12-18(19)28-22-20(24)21(23)25-13-26-22/h2-7,12-14H,8-11,24H2,1H3,(H,27,31)(H,25,26,28). The van der Waals surface area contributed by atoms with Gasteiger partial charge in [-0.25, -0.2) is 9.97 Å². The molecule has 0 saturated carbocycles. The third kappa shape index (κ3) is 4.70. The Balaban J connectivity index is 1.71. The Labute approximate surface area is 186 Å². The molecule has 1 saturated heterocycles. The number of piperazine rings is 1. The Hall–Kier alpha value is -3.36. The zero-order chi connectivity index (χ0) is 21.8. The summed E-state index contributed by atoms with van der Waals surface area (Å²) in [5, 5.41) is 6.23. The van der Waals surface area contributed by atoms with Crippen molar-refractivity contribution in [1.82, 2.24) is 14.9 Å². The number of benzene rings is 2. The van der Waals surface area contributed by atoms with E-state index in [1.54, 1.807) is 0 Å². The SMILES string of the molecule is CN1CCN(c2ccc(-c3ccc(NC=O)cc3)cc2Nc2ncnc(Cl)c2N)CC1. The van der Waals surface area contributed by atoms with Crippen LogP contribution < -0.4 is 21.3 Å². The van der Waals surface area contributed by atoms with Crippen molar-refractivity contribution < 1.29 is 4.79 Å². The van der Waals surface area contributed by atoms with Gasteiger partial charge in [0, 0.05) is 31.9 Å². The lowest BCUT2D eigenvalue weighted by atomic mass is 10.0. The minimum absolute atomic E-state index is 0.216. The number of aromatic nitrogens is 2. The molecule has 0 radical (unpaired) electrons. The molecule has 3 aromatic rings. The number of hydrogen-bond donors (Lipinski definition) is 3. The first kappa shape index (κ1) is 20.9. The summed E-state index contributed by atoms with van der Waals surface area (Å²) in [4.78, 5) is 23.5. The highest BCUT2D eigenvalue weighted by atomic mass is 35.5. The molecule has 1 fully saturated rings. The zero-order valence-corrected chi connectivity index (χ0v) is 17.9. The topological polar surface area (TPSA) is 99.4 Å². The fraction of sp³-hybridized carbons (Fsp3) is 0.227. The van der Waals surface area contributed by atoms with E-state index in [1.807, 2.05) is 24.3 Å². The fourth-order valence-corrected chi connectivity index (χ4v) is 3.70. The molecule has 0 aliphatic carbocycles. The molecular weight excluding hydrogens is 414 g/mol. The molecule has 1 amide bonds. The van der Waals surface area contributed by atoms with Crippen LogP contribution in [0.15, 0.2) is 48.8 Å². The minimum Gasteiger partial charge on any atom is -0.393 e. The average molecular weight is 438 g/mol. The van der Waals surface area contributed by atoms with Gasteiger partial charge in [0.25, 0.3) is 0 Å². The van der Waals surface area contributed by atoms with Crippen LogP contribution in [0.1, 0.15) is 0 Å². The first-order valence-electron chi connectivity index (χ1n) is 9.96.